The second kappa shape index (κ2) is 8.32. The summed E-state index contributed by atoms with van der Waals surface area (Å²) < 4.78 is 5.75. The molecule has 0 saturated heterocycles. The van der Waals surface area contributed by atoms with Crippen molar-refractivity contribution >= 4 is 44.3 Å². The lowest BCUT2D eigenvalue weighted by Gasteiger charge is -2.04. The van der Waals surface area contributed by atoms with Crippen LogP contribution < -0.4 is 5.32 Å². The third kappa shape index (κ3) is 4.35. The number of benzene rings is 2. The maximum Gasteiger partial charge on any atom is 0.350 e. The van der Waals surface area contributed by atoms with Crippen LogP contribution >= 0.6 is 27.3 Å². The molecule has 1 aromatic heterocycles. The van der Waals surface area contributed by atoms with Gasteiger partial charge in [0.25, 0.3) is 5.91 Å². The van der Waals surface area contributed by atoms with Gasteiger partial charge in [-0.1, -0.05) is 57.6 Å². The number of rotatable bonds is 5. The zero-order chi connectivity index (χ0) is 19.4. The Bertz CT molecular complexity index is 989. The molecule has 138 valence electrons. The smallest absolute Gasteiger partial charge is 0.350 e. The highest BCUT2D eigenvalue weighted by atomic mass is 79.9. The largest absolute Gasteiger partial charge is 0.507 e. The number of phenols is 1. The predicted molar refractivity (Wildman–Crippen MR) is 107 cm³/mol. The zero-order valence-electron chi connectivity index (χ0n) is 14.2. The molecule has 0 spiro atoms. The Morgan fingerprint density at radius 3 is 2.67 bits per heavy atom. The topological polar surface area (TPSA) is 88.5 Å². The number of aromatic hydroxyl groups is 1. The Kier molecular flexibility index (Phi) is 5.88. The number of halogens is 1. The average Bonchev–Trinajstić information content (AvgIpc) is 3.08. The van der Waals surface area contributed by atoms with E-state index in [1.54, 1.807) is 13.0 Å². The monoisotopic (exact) mass is 446 g/mol. The number of carbonyl (C=O) groups excluding carboxylic acids is 2. The summed E-state index contributed by atoms with van der Waals surface area (Å²) in [7, 11) is 0. The SMILES string of the molecule is CCOC(=O)c1sc(NC(=O)c2cc(Br)ccc2O)nc1-c1ccccc1. The van der Waals surface area contributed by atoms with E-state index in [4.69, 9.17) is 4.74 Å². The third-order valence-electron chi connectivity index (χ3n) is 3.56. The van der Waals surface area contributed by atoms with E-state index in [1.807, 2.05) is 30.3 Å². The van der Waals surface area contributed by atoms with Crippen molar-refractivity contribution in [3.05, 3.63) is 63.4 Å². The number of thiazole rings is 1. The number of nitrogens with one attached hydrogen (secondary N) is 1. The van der Waals surface area contributed by atoms with Crippen LogP contribution in [0.2, 0.25) is 0 Å². The molecule has 27 heavy (non-hydrogen) atoms. The second-order valence-electron chi connectivity index (χ2n) is 5.40. The van der Waals surface area contributed by atoms with Crippen LogP contribution in [0.3, 0.4) is 0 Å². The number of esters is 1. The van der Waals surface area contributed by atoms with E-state index in [9.17, 15) is 14.7 Å². The first-order valence-electron chi connectivity index (χ1n) is 8.02. The first-order valence-corrected chi connectivity index (χ1v) is 9.63. The number of aromatic nitrogens is 1. The molecule has 2 aromatic carbocycles. The van der Waals surface area contributed by atoms with Crippen molar-refractivity contribution in [1.29, 1.82) is 0 Å². The number of nitrogens with zero attached hydrogens (tertiary/aromatic N) is 1. The van der Waals surface area contributed by atoms with Crippen molar-refractivity contribution in [2.45, 2.75) is 6.92 Å². The lowest BCUT2D eigenvalue weighted by atomic mass is 10.1. The van der Waals surface area contributed by atoms with Crippen LogP contribution in [0, 0.1) is 0 Å². The highest BCUT2D eigenvalue weighted by Gasteiger charge is 2.22. The summed E-state index contributed by atoms with van der Waals surface area (Å²) in [5.74, 6) is -1.18. The molecule has 3 rings (SSSR count). The maximum absolute atomic E-state index is 12.5. The molecule has 2 N–H and O–H groups in total. The second-order valence-corrected chi connectivity index (χ2v) is 7.31. The fraction of sp³-hybridized carbons (Fsp3) is 0.105. The van der Waals surface area contributed by atoms with E-state index in [2.05, 4.69) is 26.2 Å². The van der Waals surface area contributed by atoms with Crippen LogP contribution in [0.1, 0.15) is 27.0 Å². The zero-order valence-corrected chi connectivity index (χ0v) is 16.6. The van der Waals surface area contributed by atoms with Crippen LogP contribution in [0.15, 0.2) is 53.0 Å². The van der Waals surface area contributed by atoms with Gasteiger partial charge in [0.15, 0.2) is 5.13 Å². The van der Waals surface area contributed by atoms with E-state index < -0.39 is 11.9 Å². The quantitative estimate of drug-likeness (QED) is 0.554. The summed E-state index contributed by atoms with van der Waals surface area (Å²) in [5.41, 5.74) is 1.27. The van der Waals surface area contributed by atoms with E-state index in [-0.39, 0.29) is 23.1 Å². The number of hydrogen-bond donors (Lipinski definition) is 2. The molecule has 8 heteroatoms. The molecule has 0 atom stereocenters. The summed E-state index contributed by atoms with van der Waals surface area (Å²) >= 11 is 4.29. The van der Waals surface area contributed by atoms with E-state index in [0.717, 1.165) is 16.9 Å². The lowest BCUT2D eigenvalue weighted by molar-refractivity contribution is 0.0532. The first-order chi connectivity index (χ1) is 13.0. The van der Waals surface area contributed by atoms with Gasteiger partial charge in [-0.3, -0.25) is 10.1 Å². The van der Waals surface area contributed by atoms with Gasteiger partial charge < -0.3 is 9.84 Å². The van der Waals surface area contributed by atoms with Gasteiger partial charge in [0.1, 0.15) is 10.6 Å². The van der Waals surface area contributed by atoms with Crippen molar-refractivity contribution in [3.63, 3.8) is 0 Å². The Labute approximate surface area is 168 Å². The van der Waals surface area contributed by atoms with Crippen molar-refractivity contribution < 1.29 is 19.4 Å². The molecule has 0 saturated carbocycles. The lowest BCUT2D eigenvalue weighted by Crippen LogP contribution is -2.11. The van der Waals surface area contributed by atoms with Crippen LogP contribution in [0.25, 0.3) is 11.3 Å². The molecular weight excluding hydrogens is 432 g/mol. The van der Waals surface area contributed by atoms with Crippen molar-refractivity contribution in [1.82, 2.24) is 4.98 Å². The molecular formula is C19H15BrN2O4S. The van der Waals surface area contributed by atoms with E-state index in [1.165, 1.54) is 12.1 Å². The van der Waals surface area contributed by atoms with E-state index in [0.29, 0.717) is 15.0 Å². The van der Waals surface area contributed by atoms with Crippen LogP contribution in [-0.2, 0) is 4.74 Å². The van der Waals surface area contributed by atoms with Gasteiger partial charge >= 0.3 is 5.97 Å². The number of anilines is 1. The van der Waals surface area contributed by atoms with E-state index >= 15 is 0 Å². The highest BCUT2D eigenvalue weighted by molar-refractivity contribution is 9.10. The summed E-state index contributed by atoms with van der Waals surface area (Å²) in [6.07, 6.45) is 0. The molecule has 0 fully saturated rings. The van der Waals surface area contributed by atoms with Crippen LogP contribution in [-0.4, -0.2) is 28.6 Å². The minimum atomic E-state index is -0.530. The summed E-state index contributed by atoms with van der Waals surface area (Å²) in [6, 6.07) is 13.7. The fourth-order valence-electron chi connectivity index (χ4n) is 2.35. The number of hydrogen-bond acceptors (Lipinski definition) is 6. The van der Waals surface area contributed by atoms with Crippen molar-refractivity contribution in [2.24, 2.45) is 0 Å². The summed E-state index contributed by atoms with van der Waals surface area (Å²) in [5, 5.41) is 12.8. The molecule has 0 bridgehead atoms. The predicted octanol–water partition coefficient (Wildman–Crippen LogP) is 4.71. The maximum atomic E-state index is 12.5. The first kappa shape index (κ1) is 19.1. The summed E-state index contributed by atoms with van der Waals surface area (Å²) in [4.78, 5) is 29.5. The van der Waals surface area contributed by atoms with Gasteiger partial charge in [-0.15, -0.1) is 0 Å². The number of carbonyl (C=O) groups is 2. The Hall–Kier alpha value is -2.71. The number of amides is 1. The summed E-state index contributed by atoms with van der Waals surface area (Å²) in [6.45, 7) is 1.96. The minimum Gasteiger partial charge on any atom is -0.507 e. The Morgan fingerprint density at radius 2 is 1.96 bits per heavy atom. The molecule has 1 amide bonds. The molecule has 0 aliphatic heterocycles. The minimum absolute atomic E-state index is 0.0959. The highest BCUT2D eigenvalue weighted by Crippen LogP contribution is 2.32. The molecule has 0 aliphatic carbocycles. The number of ether oxygens (including phenoxy) is 1. The number of phenolic OH excluding ortho intramolecular Hbond substituents is 1. The van der Waals surface area contributed by atoms with Gasteiger partial charge in [0.2, 0.25) is 0 Å². The third-order valence-corrected chi connectivity index (χ3v) is 5.00. The molecule has 0 unspecified atom stereocenters. The Balaban J connectivity index is 1.95. The fourth-order valence-corrected chi connectivity index (χ4v) is 3.59. The van der Waals surface area contributed by atoms with Crippen LogP contribution in [0.5, 0.6) is 5.75 Å². The van der Waals surface area contributed by atoms with Gasteiger partial charge in [-0.05, 0) is 25.1 Å². The van der Waals surface area contributed by atoms with Crippen molar-refractivity contribution in [3.8, 4) is 17.0 Å². The molecule has 3 aromatic rings. The molecule has 0 radical (unpaired) electrons. The van der Waals surface area contributed by atoms with Gasteiger partial charge in [0.05, 0.1) is 17.9 Å². The van der Waals surface area contributed by atoms with Crippen molar-refractivity contribution in [2.75, 3.05) is 11.9 Å². The van der Waals surface area contributed by atoms with Crippen LogP contribution in [0.4, 0.5) is 5.13 Å². The Morgan fingerprint density at radius 1 is 1.22 bits per heavy atom. The molecule has 1 heterocycles. The van der Waals surface area contributed by atoms with Gasteiger partial charge in [-0.2, -0.15) is 0 Å². The van der Waals surface area contributed by atoms with Gasteiger partial charge in [0, 0.05) is 10.0 Å². The standard InChI is InChI=1S/C19H15BrN2O4S/c1-2-26-18(25)16-15(11-6-4-3-5-7-11)21-19(27-16)22-17(24)13-10-12(20)8-9-14(13)23/h3-10,23H,2H2,1H3,(H,21,22,24). The normalized spacial score (nSPS) is 10.4. The molecule has 6 nitrogen and oxygen atoms in total. The van der Waals surface area contributed by atoms with Gasteiger partial charge in [-0.25, -0.2) is 9.78 Å². The average molecular weight is 447 g/mol. The molecule has 0 aliphatic rings.